The highest BCUT2D eigenvalue weighted by Gasteiger charge is 2.04. The summed E-state index contributed by atoms with van der Waals surface area (Å²) < 4.78 is 11.0. The zero-order valence-corrected chi connectivity index (χ0v) is 14.4. The Kier molecular flexibility index (Phi) is 5.36. The minimum Gasteiger partial charge on any atom is -0.484 e. The fraction of sp³-hybridized carbons (Fsp3) is 0.158. The van der Waals surface area contributed by atoms with E-state index in [0.29, 0.717) is 28.8 Å². The second kappa shape index (κ2) is 7.85. The number of carbonyl (C=O) groups excluding carboxylic acids is 1. The van der Waals surface area contributed by atoms with E-state index in [2.05, 4.69) is 10.3 Å². The number of likely N-dealkylation sites (N-methyl/N-ethyl adjacent to an activating group) is 1. The van der Waals surface area contributed by atoms with E-state index in [1.807, 2.05) is 37.3 Å². The summed E-state index contributed by atoms with van der Waals surface area (Å²) in [7, 11) is 0. The van der Waals surface area contributed by atoms with Crippen LogP contribution < -0.4 is 10.1 Å². The van der Waals surface area contributed by atoms with Crippen molar-refractivity contribution in [2.45, 2.75) is 6.92 Å². The molecule has 0 saturated carbocycles. The zero-order valence-electron chi connectivity index (χ0n) is 13.7. The number of halogens is 1. The molecule has 2 aromatic carbocycles. The van der Waals surface area contributed by atoms with Gasteiger partial charge in [-0.1, -0.05) is 23.7 Å². The van der Waals surface area contributed by atoms with Crippen molar-refractivity contribution < 1.29 is 13.9 Å². The van der Waals surface area contributed by atoms with Crippen LogP contribution in [0.3, 0.4) is 0 Å². The average Bonchev–Trinajstić information content (AvgIpc) is 3.01. The van der Waals surface area contributed by atoms with Gasteiger partial charge in [-0.15, -0.1) is 0 Å². The number of nitrogens with one attached hydrogen (secondary N) is 1. The number of hydrogen-bond donors (Lipinski definition) is 1. The maximum atomic E-state index is 11.4. The Morgan fingerprint density at radius 2 is 2.04 bits per heavy atom. The fourth-order valence-corrected chi connectivity index (χ4v) is 2.40. The molecule has 0 fully saturated rings. The molecule has 1 amide bonds. The van der Waals surface area contributed by atoms with Crippen LogP contribution in [-0.2, 0) is 4.79 Å². The van der Waals surface area contributed by atoms with Crippen molar-refractivity contribution in [3.63, 3.8) is 0 Å². The van der Waals surface area contributed by atoms with Crippen LogP contribution in [0.5, 0.6) is 5.75 Å². The molecule has 0 bridgehead atoms. The van der Waals surface area contributed by atoms with Crippen LogP contribution in [0.15, 0.2) is 46.9 Å². The normalized spacial score (nSPS) is 11.1. The van der Waals surface area contributed by atoms with Crippen LogP contribution in [0.4, 0.5) is 0 Å². The highest BCUT2D eigenvalue weighted by atomic mass is 35.5. The molecular formula is C19H17ClN2O3. The Balaban J connectivity index is 1.63. The third kappa shape index (κ3) is 4.61. The maximum Gasteiger partial charge on any atom is 0.257 e. The van der Waals surface area contributed by atoms with Crippen molar-refractivity contribution in [2.24, 2.45) is 0 Å². The second-order valence-corrected chi connectivity index (χ2v) is 5.75. The van der Waals surface area contributed by atoms with Gasteiger partial charge in [-0.3, -0.25) is 4.79 Å². The van der Waals surface area contributed by atoms with Gasteiger partial charge >= 0.3 is 0 Å². The predicted molar refractivity (Wildman–Crippen MR) is 98.6 cm³/mol. The molecule has 128 valence electrons. The first kappa shape index (κ1) is 17.0. The molecule has 3 aromatic rings. The fourth-order valence-electron chi connectivity index (χ4n) is 2.23. The third-order valence-electron chi connectivity index (χ3n) is 3.41. The van der Waals surface area contributed by atoms with E-state index in [-0.39, 0.29) is 12.5 Å². The molecule has 0 atom stereocenters. The van der Waals surface area contributed by atoms with Crippen LogP contribution >= 0.6 is 11.6 Å². The highest BCUT2D eigenvalue weighted by molar-refractivity contribution is 6.31. The van der Waals surface area contributed by atoms with Gasteiger partial charge in [0.15, 0.2) is 12.2 Å². The van der Waals surface area contributed by atoms with Gasteiger partial charge in [0.1, 0.15) is 11.3 Å². The molecule has 1 heterocycles. The summed E-state index contributed by atoms with van der Waals surface area (Å²) in [6, 6.07) is 12.7. The van der Waals surface area contributed by atoms with Gasteiger partial charge < -0.3 is 14.5 Å². The van der Waals surface area contributed by atoms with E-state index in [1.54, 1.807) is 24.3 Å². The Bertz CT molecular complexity index is 901. The Morgan fingerprint density at radius 3 is 2.80 bits per heavy atom. The van der Waals surface area contributed by atoms with E-state index in [4.69, 9.17) is 20.8 Å². The van der Waals surface area contributed by atoms with Crippen LogP contribution in [0, 0.1) is 0 Å². The van der Waals surface area contributed by atoms with Crippen molar-refractivity contribution in [1.29, 1.82) is 0 Å². The molecule has 5 nitrogen and oxygen atoms in total. The van der Waals surface area contributed by atoms with Crippen molar-refractivity contribution >= 4 is 40.8 Å². The van der Waals surface area contributed by atoms with E-state index in [0.717, 1.165) is 11.1 Å². The SMILES string of the molecule is CCNC(=O)COc1ccc(/C=C/c2nc3cc(Cl)ccc3o2)cc1. The Hall–Kier alpha value is -2.79. The van der Waals surface area contributed by atoms with Gasteiger partial charge in [0.05, 0.1) is 0 Å². The van der Waals surface area contributed by atoms with Gasteiger partial charge in [0, 0.05) is 17.6 Å². The van der Waals surface area contributed by atoms with Crippen LogP contribution in [0.25, 0.3) is 23.3 Å². The number of nitrogens with zero attached hydrogens (tertiary/aromatic N) is 1. The first-order chi connectivity index (χ1) is 12.1. The smallest absolute Gasteiger partial charge is 0.257 e. The lowest BCUT2D eigenvalue weighted by molar-refractivity contribution is -0.122. The molecule has 0 aliphatic heterocycles. The van der Waals surface area contributed by atoms with Gasteiger partial charge in [-0.05, 0) is 48.9 Å². The molecule has 3 rings (SSSR count). The lowest BCUT2D eigenvalue weighted by Gasteiger charge is -2.06. The number of rotatable bonds is 6. The summed E-state index contributed by atoms with van der Waals surface area (Å²) in [5.41, 5.74) is 2.38. The number of benzene rings is 2. The first-order valence-electron chi connectivity index (χ1n) is 7.88. The number of carbonyl (C=O) groups is 1. The molecule has 0 radical (unpaired) electrons. The summed E-state index contributed by atoms with van der Waals surface area (Å²) in [6.45, 7) is 2.47. The Labute approximate surface area is 150 Å². The standard InChI is InChI=1S/C19H17ClN2O3/c1-2-21-18(23)12-24-15-7-3-13(4-8-15)5-10-19-22-16-11-14(20)6-9-17(16)25-19/h3-11H,2,12H2,1H3,(H,21,23)/b10-5+. The molecule has 6 heteroatoms. The molecular weight excluding hydrogens is 340 g/mol. The molecule has 0 spiro atoms. The maximum absolute atomic E-state index is 11.4. The quantitative estimate of drug-likeness (QED) is 0.720. The lowest BCUT2D eigenvalue weighted by atomic mass is 10.2. The van der Waals surface area contributed by atoms with Crippen molar-refractivity contribution in [3.05, 3.63) is 58.9 Å². The number of amides is 1. The van der Waals surface area contributed by atoms with E-state index < -0.39 is 0 Å². The van der Waals surface area contributed by atoms with Gasteiger partial charge in [0.25, 0.3) is 5.91 Å². The zero-order chi connectivity index (χ0) is 17.6. The molecule has 0 unspecified atom stereocenters. The topological polar surface area (TPSA) is 64.4 Å². The summed E-state index contributed by atoms with van der Waals surface area (Å²) in [4.78, 5) is 15.7. The molecule has 0 saturated heterocycles. The summed E-state index contributed by atoms with van der Waals surface area (Å²) >= 11 is 5.94. The van der Waals surface area contributed by atoms with Crippen LogP contribution in [-0.4, -0.2) is 24.0 Å². The first-order valence-corrected chi connectivity index (χ1v) is 8.25. The van der Waals surface area contributed by atoms with Gasteiger partial charge in [-0.25, -0.2) is 4.98 Å². The van der Waals surface area contributed by atoms with Gasteiger partial charge in [0.2, 0.25) is 5.89 Å². The van der Waals surface area contributed by atoms with E-state index >= 15 is 0 Å². The second-order valence-electron chi connectivity index (χ2n) is 5.31. The highest BCUT2D eigenvalue weighted by Crippen LogP contribution is 2.21. The predicted octanol–water partition coefficient (Wildman–Crippen LogP) is 4.17. The van der Waals surface area contributed by atoms with Crippen molar-refractivity contribution in [1.82, 2.24) is 10.3 Å². The summed E-state index contributed by atoms with van der Waals surface area (Å²) in [5.74, 6) is 1.01. The molecule has 25 heavy (non-hydrogen) atoms. The number of oxazole rings is 1. The van der Waals surface area contributed by atoms with Gasteiger partial charge in [-0.2, -0.15) is 0 Å². The molecule has 1 N–H and O–H groups in total. The minimum absolute atomic E-state index is 0.00842. The lowest BCUT2D eigenvalue weighted by Crippen LogP contribution is -2.28. The number of ether oxygens (including phenoxy) is 1. The number of fused-ring (bicyclic) bond motifs is 1. The third-order valence-corrected chi connectivity index (χ3v) is 3.64. The Morgan fingerprint density at radius 1 is 1.24 bits per heavy atom. The minimum atomic E-state index is -0.137. The van der Waals surface area contributed by atoms with E-state index in [9.17, 15) is 4.79 Å². The molecule has 0 aliphatic rings. The molecule has 1 aromatic heterocycles. The largest absolute Gasteiger partial charge is 0.484 e. The van der Waals surface area contributed by atoms with Crippen molar-refractivity contribution in [3.8, 4) is 5.75 Å². The molecule has 0 aliphatic carbocycles. The van der Waals surface area contributed by atoms with Crippen LogP contribution in [0.2, 0.25) is 5.02 Å². The van der Waals surface area contributed by atoms with Crippen molar-refractivity contribution in [2.75, 3.05) is 13.2 Å². The van der Waals surface area contributed by atoms with E-state index in [1.165, 1.54) is 0 Å². The summed E-state index contributed by atoms with van der Waals surface area (Å²) in [5, 5.41) is 3.30. The summed E-state index contributed by atoms with van der Waals surface area (Å²) in [6.07, 6.45) is 3.68. The number of aromatic nitrogens is 1. The number of hydrogen-bond acceptors (Lipinski definition) is 4. The monoisotopic (exact) mass is 356 g/mol. The average molecular weight is 357 g/mol. The van der Waals surface area contributed by atoms with Crippen LogP contribution in [0.1, 0.15) is 18.4 Å².